The molecule has 0 bridgehead atoms. The molecule has 0 aliphatic carbocycles. The number of nitrogens with one attached hydrogen (secondary N) is 3. The molecule has 3 N–H and O–H groups in total. The fourth-order valence-electron chi connectivity index (χ4n) is 2.88. The minimum atomic E-state index is -0.519. The Labute approximate surface area is 214 Å². The van der Waals surface area contributed by atoms with Gasteiger partial charge in [-0.25, -0.2) is 4.79 Å². The molecule has 2 aromatic carbocycles. The predicted octanol–water partition coefficient (Wildman–Crippen LogP) is 5.10. The number of rotatable bonds is 9. The number of nitrogens with zero attached hydrogens (tertiary/aromatic N) is 1. The second-order valence-corrected chi connectivity index (χ2v) is 8.38. The maximum Gasteiger partial charge on any atom is 0.412 e. The van der Waals surface area contributed by atoms with Gasteiger partial charge in [0.05, 0.1) is 6.61 Å². The van der Waals surface area contributed by atoms with Gasteiger partial charge in [-0.1, -0.05) is 36.4 Å². The third-order valence-electron chi connectivity index (χ3n) is 4.48. The van der Waals surface area contributed by atoms with Gasteiger partial charge in [-0.05, 0) is 62.9 Å². The molecule has 0 atom stereocenters. The van der Waals surface area contributed by atoms with Crippen LogP contribution in [-0.2, 0) is 29.0 Å². The topological polar surface area (TPSA) is 84.0 Å². The molecule has 0 spiro atoms. The van der Waals surface area contributed by atoms with Crippen molar-refractivity contribution in [1.29, 1.82) is 0 Å². The molecular weight excluding hydrogens is 531 g/mol. The predicted molar refractivity (Wildman–Crippen MR) is 145 cm³/mol. The van der Waals surface area contributed by atoms with E-state index in [4.69, 9.17) is 9.47 Å². The summed E-state index contributed by atoms with van der Waals surface area (Å²) in [6.45, 7) is 10.3. The molecule has 1 amide bonds. The monoisotopic (exact) mass is 568 g/mol. The molecule has 0 fully saturated rings. The van der Waals surface area contributed by atoms with E-state index >= 15 is 0 Å². The molecule has 0 radical (unpaired) electrons. The van der Waals surface area contributed by atoms with Crippen LogP contribution in [0.5, 0.6) is 0 Å². The van der Waals surface area contributed by atoms with Crippen LogP contribution in [0.1, 0.15) is 44.4 Å². The normalized spacial score (nSPS) is 11.4. The number of aliphatic imine (C=N–C) groups is 1. The summed E-state index contributed by atoms with van der Waals surface area (Å²) in [5.74, 6) is 0.756. The number of carbonyl (C=O) groups is 1. The van der Waals surface area contributed by atoms with Gasteiger partial charge in [0, 0.05) is 32.4 Å². The lowest BCUT2D eigenvalue weighted by Gasteiger charge is -2.19. The SMILES string of the molecule is CCOCc1ccc(CNC(=NC)NCCc2ccc(NC(=O)OC(C)(C)C)cc2)cc1.I. The third-order valence-corrected chi connectivity index (χ3v) is 4.48. The molecule has 0 aromatic heterocycles. The summed E-state index contributed by atoms with van der Waals surface area (Å²) < 4.78 is 10.7. The fourth-order valence-corrected chi connectivity index (χ4v) is 2.88. The van der Waals surface area contributed by atoms with Crippen LogP contribution in [-0.4, -0.2) is 37.9 Å². The standard InChI is InChI=1S/C25H36N4O3.HI/c1-6-31-18-21-9-7-20(8-10-21)17-28-23(26-5)27-16-15-19-11-13-22(14-12-19)29-24(30)32-25(2,3)4;/h7-14H,6,15-18H2,1-5H3,(H,29,30)(H2,26,27,28);1H. The Balaban J connectivity index is 0.00000544. The zero-order chi connectivity index (χ0) is 23.4. The van der Waals surface area contributed by atoms with Gasteiger partial charge in [0.1, 0.15) is 5.60 Å². The molecule has 182 valence electrons. The number of hydrogen-bond acceptors (Lipinski definition) is 4. The van der Waals surface area contributed by atoms with Gasteiger partial charge in [-0.3, -0.25) is 10.3 Å². The quantitative estimate of drug-likeness (QED) is 0.223. The number of carbonyl (C=O) groups excluding carboxylic acids is 1. The van der Waals surface area contributed by atoms with Crippen LogP contribution < -0.4 is 16.0 Å². The molecule has 2 aromatic rings. The second-order valence-electron chi connectivity index (χ2n) is 8.38. The van der Waals surface area contributed by atoms with E-state index in [0.29, 0.717) is 18.8 Å². The first-order chi connectivity index (χ1) is 15.3. The van der Waals surface area contributed by atoms with E-state index in [1.54, 1.807) is 7.05 Å². The molecule has 33 heavy (non-hydrogen) atoms. The minimum absolute atomic E-state index is 0. The van der Waals surface area contributed by atoms with Gasteiger partial charge in [-0.15, -0.1) is 24.0 Å². The summed E-state index contributed by atoms with van der Waals surface area (Å²) in [5, 5.41) is 9.40. The second kappa shape index (κ2) is 14.7. The number of ether oxygens (including phenoxy) is 2. The van der Waals surface area contributed by atoms with Crippen LogP contribution >= 0.6 is 24.0 Å². The summed E-state index contributed by atoms with van der Waals surface area (Å²) >= 11 is 0. The Bertz CT molecular complexity index is 863. The maximum atomic E-state index is 11.8. The fraction of sp³-hybridized carbons (Fsp3) is 0.440. The number of anilines is 1. The smallest absolute Gasteiger partial charge is 0.412 e. The van der Waals surface area contributed by atoms with E-state index in [-0.39, 0.29) is 24.0 Å². The Morgan fingerprint density at radius 1 is 0.939 bits per heavy atom. The Morgan fingerprint density at radius 2 is 1.55 bits per heavy atom. The van der Waals surface area contributed by atoms with Crippen molar-refractivity contribution in [2.24, 2.45) is 4.99 Å². The zero-order valence-corrected chi connectivity index (χ0v) is 22.6. The highest BCUT2D eigenvalue weighted by Crippen LogP contribution is 2.13. The molecule has 0 unspecified atom stereocenters. The van der Waals surface area contributed by atoms with Crippen LogP contribution in [0.25, 0.3) is 0 Å². The van der Waals surface area contributed by atoms with Crippen LogP contribution in [0, 0.1) is 0 Å². The average molecular weight is 569 g/mol. The Kier molecular flexibility index (Phi) is 12.8. The van der Waals surface area contributed by atoms with Gasteiger partial charge in [0.25, 0.3) is 0 Å². The van der Waals surface area contributed by atoms with Crippen LogP contribution in [0.15, 0.2) is 53.5 Å². The highest BCUT2D eigenvalue weighted by molar-refractivity contribution is 14.0. The van der Waals surface area contributed by atoms with E-state index in [9.17, 15) is 4.79 Å². The Hall–Kier alpha value is -2.33. The molecule has 7 nitrogen and oxygen atoms in total. The van der Waals surface area contributed by atoms with Gasteiger partial charge in [0.15, 0.2) is 5.96 Å². The van der Waals surface area contributed by atoms with Gasteiger partial charge < -0.3 is 20.1 Å². The van der Waals surface area contributed by atoms with Crippen molar-refractivity contribution in [2.75, 3.05) is 25.5 Å². The summed E-state index contributed by atoms with van der Waals surface area (Å²) in [6.07, 6.45) is 0.380. The average Bonchev–Trinajstić information content (AvgIpc) is 2.75. The largest absolute Gasteiger partial charge is 0.444 e. The van der Waals surface area contributed by atoms with E-state index in [1.807, 2.05) is 52.0 Å². The van der Waals surface area contributed by atoms with Crippen molar-refractivity contribution in [1.82, 2.24) is 10.6 Å². The van der Waals surface area contributed by atoms with Crippen LogP contribution in [0.4, 0.5) is 10.5 Å². The molecule has 0 aliphatic rings. The van der Waals surface area contributed by atoms with Crippen molar-refractivity contribution in [3.63, 3.8) is 0 Å². The first kappa shape index (κ1) is 28.7. The number of halogens is 1. The molecule has 0 heterocycles. The number of guanidine groups is 1. The molecule has 8 heteroatoms. The zero-order valence-electron chi connectivity index (χ0n) is 20.2. The lowest BCUT2D eigenvalue weighted by molar-refractivity contribution is 0.0636. The van der Waals surface area contributed by atoms with Crippen molar-refractivity contribution in [3.8, 4) is 0 Å². The van der Waals surface area contributed by atoms with Gasteiger partial charge in [0.2, 0.25) is 0 Å². The lowest BCUT2D eigenvalue weighted by atomic mass is 10.1. The van der Waals surface area contributed by atoms with E-state index in [2.05, 4.69) is 45.2 Å². The summed E-state index contributed by atoms with van der Waals surface area (Å²) in [5.41, 5.74) is 3.70. The van der Waals surface area contributed by atoms with Crippen molar-refractivity contribution >= 4 is 41.7 Å². The summed E-state index contributed by atoms with van der Waals surface area (Å²) in [4.78, 5) is 16.1. The number of benzene rings is 2. The van der Waals surface area contributed by atoms with Gasteiger partial charge in [-0.2, -0.15) is 0 Å². The van der Waals surface area contributed by atoms with Crippen molar-refractivity contribution in [3.05, 3.63) is 65.2 Å². The minimum Gasteiger partial charge on any atom is -0.444 e. The number of amides is 1. The molecule has 0 aliphatic heterocycles. The molecule has 2 rings (SSSR count). The highest BCUT2D eigenvalue weighted by Gasteiger charge is 2.16. The van der Waals surface area contributed by atoms with E-state index < -0.39 is 11.7 Å². The molecular formula is C25H37IN4O3. The van der Waals surface area contributed by atoms with Crippen LogP contribution in [0.2, 0.25) is 0 Å². The summed E-state index contributed by atoms with van der Waals surface area (Å²) in [7, 11) is 1.76. The lowest BCUT2D eigenvalue weighted by Crippen LogP contribution is -2.37. The first-order valence-electron chi connectivity index (χ1n) is 11.0. The highest BCUT2D eigenvalue weighted by atomic mass is 127. The maximum absolute atomic E-state index is 11.8. The summed E-state index contributed by atoms with van der Waals surface area (Å²) in [6, 6.07) is 16.1. The third kappa shape index (κ3) is 11.9. The Morgan fingerprint density at radius 3 is 2.12 bits per heavy atom. The van der Waals surface area contributed by atoms with Crippen molar-refractivity contribution in [2.45, 2.75) is 52.9 Å². The van der Waals surface area contributed by atoms with E-state index in [0.717, 1.165) is 31.1 Å². The van der Waals surface area contributed by atoms with Crippen LogP contribution in [0.3, 0.4) is 0 Å². The molecule has 0 saturated heterocycles. The molecule has 0 saturated carbocycles. The van der Waals surface area contributed by atoms with E-state index in [1.165, 1.54) is 11.1 Å². The number of hydrogen-bond donors (Lipinski definition) is 3. The first-order valence-corrected chi connectivity index (χ1v) is 11.0. The van der Waals surface area contributed by atoms with Gasteiger partial charge >= 0.3 is 6.09 Å². The van der Waals surface area contributed by atoms with Crippen molar-refractivity contribution < 1.29 is 14.3 Å².